The van der Waals surface area contributed by atoms with Crippen molar-refractivity contribution in [3.63, 3.8) is 0 Å². The van der Waals surface area contributed by atoms with Crippen LogP contribution in [0, 0.1) is 5.92 Å². The minimum absolute atomic E-state index is 0.335. The summed E-state index contributed by atoms with van der Waals surface area (Å²) >= 11 is 6.00. The Morgan fingerprint density at radius 2 is 2.00 bits per heavy atom. The average molecular weight is 384 g/mol. The van der Waals surface area contributed by atoms with Gasteiger partial charge in [0, 0.05) is 25.8 Å². The molecule has 0 saturated carbocycles. The Morgan fingerprint density at radius 1 is 1.35 bits per heavy atom. The summed E-state index contributed by atoms with van der Waals surface area (Å²) in [4.78, 5) is 29.8. The summed E-state index contributed by atoms with van der Waals surface area (Å²) in [6.07, 6.45) is 2.82. The summed E-state index contributed by atoms with van der Waals surface area (Å²) in [6, 6.07) is 1.69. The summed E-state index contributed by atoms with van der Waals surface area (Å²) in [5.74, 6) is -0.0736. The number of nitrogens with one attached hydrogen (secondary N) is 1. The van der Waals surface area contributed by atoms with Gasteiger partial charge in [0.1, 0.15) is 16.3 Å². The quantitative estimate of drug-likeness (QED) is 0.634. The number of pyridine rings is 1. The molecule has 2 heterocycles. The van der Waals surface area contributed by atoms with Crippen molar-refractivity contribution in [1.82, 2.24) is 10.3 Å². The van der Waals surface area contributed by atoms with E-state index in [4.69, 9.17) is 21.1 Å². The number of rotatable bonds is 4. The van der Waals surface area contributed by atoms with Crippen molar-refractivity contribution in [3.8, 4) is 0 Å². The van der Waals surface area contributed by atoms with E-state index in [1.54, 1.807) is 6.07 Å². The van der Waals surface area contributed by atoms with E-state index in [1.807, 2.05) is 20.8 Å². The molecule has 26 heavy (non-hydrogen) atoms. The zero-order chi connectivity index (χ0) is 19.3. The number of alkyl carbamates (subject to hydrolysis) is 1. The third-order valence-corrected chi connectivity index (χ3v) is 4.35. The lowest BCUT2D eigenvalue weighted by molar-refractivity contribution is 0.0515. The number of aromatic nitrogens is 1. The van der Waals surface area contributed by atoms with Gasteiger partial charge in [0.2, 0.25) is 0 Å². The highest BCUT2D eigenvalue weighted by Crippen LogP contribution is 2.28. The van der Waals surface area contributed by atoms with Gasteiger partial charge < -0.3 is 19.7 Å². The minimum atomic E-state index is -0.502. The van der Waals surface area contributed by atoms with Crippen LogP contribution in [-0.2, 0) is 9.47 Å². The Balaban J connectivity index is 1.92. The van der Waals surface area contributed by atoms with Crippen molar-refractivity contribution in [1.29, 1.82) is 0 Å². The molecule has 0 aliphatic carbocycles. The van der Waals surface area contributed by atoms with Gasteiger partial charge in [-0.2, -0.15) is 0 Å². The topological polar surface area (TPSA) is 80.8 Å². The summed E-state index contributed by atoms with van der Waals surface area (Å²) in [7, 11) is 1.34. The van der Waals surface area contributed by atoms with Crippen LogP contribution in [-0.4, -0.2) is 49.4 Å². The molecule has 1 saturated heterocycles. The molecule has 0 atom stereocenters. The lowest BCUT2D eigenvalue weighted by atomic mass is 9.96. The highest BCUT2D eigenvalue weighted by Gasteiger charge is 2.25. The second kappa shape index (κ2) is 8.58. The van der Waals surface area contributed by atoms with Crippen molar-refractivity contribution in [2.24, 2.45) is 5.92 Å². The van der Waals surface area contributed by atoms with Gasteiger partial charge in [-0.25, -0.2) is 14.6 Å². The van der Waals surface area contributed by atoms with Gasteiger partial charge in [-0.1, -0.05) is 11.6 Å². The van der Waals surface area contributed by atoms with Crippen LogP contribution in [0.25, 0.3) is 0 Å². The van der Waals surface area contributed by atoms with Crippen LogP contribution >= 0.6 is 11.6 Å². The Kier molecular flexibility index (Phi) is 6.69. The molecule has 7 nitrogen and oxygen atoms in total. The van der Waals surface area contributed by atoms with Gasteiger partial charge in [0.05, 0.1) is 12.8 Å². The first-order valence-electron chi connectivity index (χ1n) is 8.65. The first-order chi connectivity index (χ1) is 12.2. The van der Waals surface area contributed by atoms with Gasteiger partial charge >= 0.3 is 12.1 Å². The normalized spacial score (nSPS) is 15.5. The summed E-state index contributed by atoms with van der Waals surface area (Å²) < 4.78 is 10.1. The number of esters is 1. The van der Waals surface area contributed by atoms with Crippen LogP contribution in [0.1, 0.15) is 44.0 Å². The van der Waals surface area contributed by atoms with Crippen molar-refractivity contribution in [3.05, 3.63) is 23.0 Å². The Labute approximate surface area is 159 Å². The fourth-order valence-electron chi connectivity index (χ4n) is 2.87. The lowest BCUT2D eigenvalue weighted by Crippen LogP contribution is -2.40. The molecular formula is C18H26ClN3O4. The molecule has 1 N–H and O–H groups in total. The molecule has 0 unspecified atom stereocenters. The number of hydrogen-bond donors (Lipinski definition) is 1. The van der Waals surface area contributed by atoms with E-state index in [0.29, 0.717) is 23.2 Å². The maximum atomic E-state index is 12.0. The smallest absolute Gasteiger partial charge is 0.407 e. The largest absolute Gasteiger partial charge is 0.465 e. The van der Waals surface area contributed by atoms with Crippen molar-refractivity contribution in [2.75, 3.05) is 31.6 Å². The summed E-state index contributed by atoms with van der Waals surface area (Å²) in [6.45, 7) is 7.59. The molecule has 1 aliphatic rings. The molecule has 1 aromatic heterocycles. The second-order valence-corrected chi connectivity index (χ2v) is 7.72. The molecule has 0 bridgehead atoms. The van der Waals surface area contributed by atoms with E-state index in [0.717, 1.165) is 31.6 Å². The fraction of sp³-hybridized carbons (Fsp3) is 0.611. The Bertz CT molecular complexity index is 652. The van der Waals surface area contributed by atoms with E-state index in [1.165, 1.54) is 13.3 Å². The van der Waals surface area contributed by atoms with Crippen LogP contribution in [0.5, 0.6) is 0 Å². The molecule has 0 aromatic carbocycles. The number of piperidine rings is 1. The van der Waals surface area contributed by atoms with Crippen LogP contribution in [0.4, 0.5) is 10.5 Å². The molecular weight excluding hydrogens is 358 g/mol. The molecule has 2 rings (SSSR count). The summed E-state index contributed by atoms with van der Waals surface area (Å²) in [5.41, 5.74) is 0.635. The molecule has 1 fully saturated rings. The Hall–Kier alpha value is -2.02. The monoisotopic (exact) mass is 383 g/mol. The van der Waals surface area contributed by atoms with E-state index in [2.05, 4.69) is 15.2 Å². The van der Waals surface area contributed by atoms with Gasteiger partial charge in [-0.3, -0.25) is 0 Å². The van der Waals surface area contributed by atoms with E-state index in [-0.39, 0.29) is 0 Å². The zero-order valence-electron chi connectivity index (χ0n) is 15.7. The highest BCUT2D eigenvalue weighted by atomic mass is 35.5. The van der Waals surface area contributed by atoms with Gasteiger partial charge in [0.15, 0.2) is 0 Å². The van der Waals surface area contributed by atoms with Crippen LogP contribution < -0.4 is 10.2 Å². The number of hydrogen-bond acceptors (Lipinski definition) is 6. The standard InChI is InChI=1S/C18H26ClN3O4/c1-18(2,3)26-17(24)21-10-12-5-7-22(8-6-12)14-9-15(19)20-11-13(14)16(23)25-4/h9,11-12H,5-8,10H2,1-4H3,(H,21,24). The number of amides is 1. The first-order valence-corrected chi connectivity index (χ1v) is 9.03. The maximum absolute atomic E-state index is 12.0. The fourth-order valence-corrected chi connectivity index (χ4v) is 3.02. The van der Waals surface area contributed by atoms with Gasteiger partial charge in [-0.15, -0.1) is 0 Å². The molecule has 1 amide bonds. The number of nitrogens with zero attached hydrogens (tertiary/aromatic N) is 2. The number of anilines is 1. The molecule has 144 valence electrons. The number of carbonyl (C=O) groups excluding carboxylic acids is 2. The predicted octanol–water partition coefficient (Wildman–Crippen LogP) is 3.26. The molecule has 1 aromatic rings. The average Bonchev–Trinajstić information content (AvgIpc) is 2.58. The summed E-state index contributed by atoms with van der Waals surface area (Å²) in [5, 5.41) is 3.16. The number of ether oxygens (including phenoxy) is 2. The molecule has 0 spiro atoms. The second-order valence-electron chi connectivity index (χ2n) is 7.33. The lowest BCUT2D eigenvalue weighted by Gasteiger charge is -2.34. The Morgan fingerprint density at radius 3 is 2.58 bits per heavy atom. The zero-order valence-corrected chi connectivity index (χ0v) is 16.4. The van der Waals surface area contributed by atoms with Crippen LogP contribution in [0.15, 0.2) is 12.3 Å². The molecule has 1 aliphatic heterocycles. The minimum Gasteiger partial charge on any atom is -0.465 e. The first kappa shape index (κ1) is 20.3. The number of methoxy groups -OCH3 is 1. The van der Waals surface area contributed by atoms with Crippen molar-refractivity contribution >= 4 is 29.4 Å². The maximum Gasteiger partial charge on any atom is 0.407 e. The van der Waals surface area contributed by atoms with Gasteiger partial charge in [-0.05, 0) is 45.6 Å². The molecule has 8 heteroatoms. The van der Waals surface area contributed by atoms with E-state index >= 15 is 0 Å². The number of halogens is 1. The number of carbonyl (C=O) groups is 2. The molecule has 0 radical (unpaired) electrons. The van der Waals surface area contributed by atoms with Crippen LogP contribution in [0.3, 0.4) is 0 Å². The van der Waals surface area contributed by atoms with Crippen molar-refractivity contribution < 1.29 is 19.1 Å². The highest BCUT2D eigenvalue weighted by molar-refractivity contribution is 6.29. The van der Waals surface area contributed by atoms with Crippen molar-refractivity contribution in [2.45, 2.75) is 39.2 Å². The third-order valence-electron chi connectivity index (χ3n) is 4.14. The van der Waals surface area contributed by atoms with Crippen LogP contribution in [0.2, 0.25) is 5.15 Å². The SMILES string of the molecule is COC(=O)c1cnc(Cl)cc1N1CCC(CNC(=O)OC(C)(C)C)CC1. The third kappa shape index (κ3) is 5.76. The van der Waals surface area contributed by atoms with Gasteiger partial charge in [0.25, 0.3) is 0 Å². The van der Waals surface area contributed by atoms with E-state index < -0.39 is 17.7 Å². The predicted molar refractivity (Wildman–Crippen MR) is 99.8 cm³/mol. The van der Waals surface area contributed by atoms with E-state index in [9.17, 15) is 9.59 Å².